The minimum absolute atomic E-state index is 0.0132. The smallest absolute Gasteiger partial charge is 0.198 e. The first-order chi connectivity index (χ1) is 14.2. The topological polar surface area (TPSA) is 85.3 Å². The van der Waals surface area contributed by atoms with E-state index in [2.05, 4.69) is 0 Å². The van der Waals surface area contributed by atoms with Crippen LogP contribution in [-0.2, 0) is 24.5 Å². The fraction of sp³-hybridized carbons (Fsp3) is 0.435. The van der Waals surface area contributed by atoms with E-state index in [1.165, 1.54) is 31.2 Å². The summed E-state index contributed by atoms with van der Waals surface area (Å²) in [4.78, 5) is 12.1. The Kier molecular flexibility index (Phi) is 6.82. The van der Waals surface area contributed by atoms with E-state index >= 15 is 0 Å². The van der Waals surface area contributed by atoms with Gasteiger partial charge in [0.05, 0.1) is 9.79 Å². The molecule has 0 aliphatic heterocycles. The molecule has 3 rings (SSSR count). The third-order valence-electron chi connectivity index (χ3n) is 6.11. The van der Waals surface area contributed by atoms with E-state index in [9.17, 15) is 21.6 Å². The van der Waals surface area contributed by atoms with E-state index in [-0.39, 0.29) is 27.9 Å². The number of sulfone groups is 2. The van der Waals surface area contributed by atoms with Crippen LogP contribution in [0, 0.1) is 5.92 Å². The van der Waals surface area contributed by atoms with Crippen molar-refractivity contribution in [3.05, 3.63) is 60.7 Å². The molecular formula is C23H28O5S2. The van der Waals surface area contributed by atoms with Crippen molar-refractivity contribution >= 4 is 25.5 Å². The zero-order chi connectivity index (χ0) is 21.8. The van der Waals surface area contributed by atoms with Crippen LogP contribution in [0.1, 0.15) is 51.9 Å². The van der Waals surface area contributed by atoms with Gasteiger partial charge in [0.25, 0.3) is 0 Å². The molecule has 0 radical (unpaired) electrons. The number of Topliss-reactive ketones (excluding diaryl/α,β-unsaturated/α-hetero) is 1. The molecule has 2 aromatic carbocycles. The molecule has 0 heterocycles. The monoisotopic (exact) mass is 448 g/mol. The molecule has 0 N–H and O–H groups in total. The third-order valence-corrected chi connectivity index (χ3v) is 11.9. The van der Waals surface area contributed by atoms with Crippen LogP contribution in [0.2, 0.25) is 0 Å². The third kappa shape index (κ3) is 4.23. The molecule has 0 amide bonds. The minimum atomic E-state index is -4.20. The van der Waals surface area contributed by atoms with Crippen molar-refractivity contribution < 1.29 is 21.6 Å². The summed E-state index contributed by atoms with van der Waals surface area (Å²) in [5.74, 6) is 0.113. The molecule has 1 unspecified atom stereocenters. The maximum atomic E-state index is 13.6. The van der Waals surface area contributed by atoms with Crippen LogP contribution < -0.4 is 0 Å². The van der Waals surface area contributed by atoms with Gasteiger partial charge in [0.15, 0.2) is 23.8 Å². The van der Waals surface area contributed by atoms with Crippen molar-refractivity contribution in [3.63, 3.8) is 0 Å². The molecular weight excluding hydrogens is 420 g/mol. The lowest BCUT2D eigenvalue weighted by Gasteiger charge is -2.30. The van der Waals surface area contributed by atoms with Crippen molar-refractivity contribution in [3.8, 4) is 0 Å². The van der Waals surface area contributed by atoms with E-state index in [1.807, 2.05) is 0 Å². The predicted molar refractivity (Wildman–Crippen MR) is 116 cm³/mol. The van der Waals surface area contributed by atoms with E-state index in [1.54, 1.807) is 36.4 Å². The predicted octanol–water partition coefficient (Wildman–Crippen LogP) is 4.58. The first-order valence-corrected chi connectivity index (χ1v) is 13.3. The summed E-state index contributed by atoms with van der Waals surface area (Å²) >= 11 is 0. The Morgan fingerprint density at radius 2 is 1.33 bits per heavy atom. The van der Waals surface area contributed by atoms with Crippen LogP contribution in [0.4, 0.5) is 0 Å². The van der Waals surface area contributed by atoms with Crippen LogP contribution in [0.5, 0.6) is 0 Å². The minimum Gasteiger partial charge on any atom is -0.299 e. The Balaban J connectivity index is 1.97. The number of rotatable bonds is 8. The molecule has 1 atom stereocenters. The van der Waals surface area contributed by atoms with Crippen molar-refractivity contribution in [1.29, 1.82) is 0 Å². The Morgan fingerprint density at radius 3 is 1.80 bits per heavy atom. The first kappa shape index (κ1) is 22.7. The maximum absolute atomic E-state index is 13.6. The molecule has 1 aliphatic carbocycles. The highest BCUT2D eigenvalue weighted by atomic mass is 32.3. The molecule has 5 nitrogen and oxygen atoms in total. The lowest BCUT2D eigenvalue weighted by molar-refractivity contribution is -0.124. The summed E-state index contributed by atoms with van der Waals surface area (Å²) in [6, 6.07) is 15.4. The number of carbonyl (C=O) groups is 1. The zero-order valence-corrected chi connectivity index (χ0v) is 18.8. The summed E-state index contributed by atoms with van der Waals surface area (Å²) in [5.41, 5.74) is 0. The molecule has 1 saturated carbocycles. The highest BCUT2D eigenvalue weighted by molar-refractivity contribution is 8.10. The summed E-state index contributed by atoms with van der Waals surface area (Å²) in [6.45, 7) is 1.31. The zero-order valence-electron chi connectivity index (χ0n) is 17.2. The van der Waals surface area contributed by atoms with E-state index in [4.69, 9.17) is 0 Å². The number of hydrogen-bond acceptors (Lipinski definition) is 5. The Labute approximate surface area is 179 Å². The van der Waals surface area contributed by atoms with E-state index in [0.29, 0.717) is 19.3 Å². The van der Waals surface area contributed by atoms with E-state index in [0.717, 1.165) is 19.3 Å². The van der Waals surface area contributed by atoms with Crippen molar-refractivity contribution in [2.24, 2.45) is 5.92 Å². The van der Waals surface area contributed by atoms with Gasteiger partial charge in [-0.25, -0.2) is 16.8 Å². The number of carbonyl (C=O) groups excluding carboxylic acids is 1. The van der Waals surface area contributed by atoms with Gasteiger partial charge in [-0.3, -0.25) is 4.79 Å². The van der Waals surface area contributed by atoms with Crippen LogP contribution in [0.25, 0.3) is 0 Å². The molecule has 162 valence electrons. The average Bonchev–Trinajstić information content (AvgIpc) is 2.76. The summed E-state index contributed by atoms with van der Waals surface area (Å²) in [6.07, 6.45) is 4.05. The van der Waals surface area contributed by atoms with Crippen molar-refractivity contribution in [1.82, 2.24) is 0 Å². The molecule has 0 bridgehead atoms. The molecule has 0 saturated heterocycles. The molecule has 1 fully saturated rings. The molecule has 0 spiro atoms. The molecule has 30 heavy (non-hydrogen) atoms. The second kappa shape index (κ2) is 9.02. The fourth-order valence-electron chi connectivity index (χ4n) is 4.14. The normalized spacial score (nSPS) is 18.3. The Hall–Kier alpha value is -1.99. The standard InChI is InChI=1S/C23H28O5S2/c1-23(29(25,26)20-13-4-2-5-14-20,30(27,28)21-15-6-3-7-16-21)18-10-12-19-11-8-9-17-22(19)24/h2-7,13-16,19H,8-12,17-18H2,1H3. The van der Waals surface area contributed by atoms with Gasteiger partial charge in [0, 0.05) is 12.3 Å². The Bertz CT molecular complexity index is 1010. The van der Waals surface area contributed by atoms with Crippen LogP contribution >= 0.6 is 0 Å². The summed E-state index contributed by atoms with van der Waals surface area (Å²) in [7, 11) is -8.39. The van der Waals surface area contributed by atoms with E-state index < -0.39 is 23.8 Å². The largest absolute Gasteiger partial charge is 0.299 e. The summed E-state index contributed by atoms with van der Waals surface area (Å²) in [5, 5.41) is 0. The quantitative estimate of drug-likeness (QED) is 0.590. The molecule has 2 aromatic rings. The maximum Gasteiger partial charge on any atom is 0.198 e. The fourth-order valence-corrected chi connectivity index (χ4v) is 8.73. The molecule has 7 heteroatoms. The van der Waals surface area contributed by atoms with Crippen LogP contribution in [-0.4, -0.2) is 26.7 Å². The van der Waals surface area contributed by atoms with Gasteiger partial charge in [0.2, 0.25) is 0 Å². The van der Waals surface area contributed by atoms with Crippen LogP contribution in [0.15, 0.2) is 70.5 Å². The number of ketones is 1. The van der Waals surface area contributed by atoms with Gasteiger partial charge in [-0.05, 0) is 56.9 Å². The van der Waals surface area contributed by atoms with Gasteiger partial charge < -0.3 is 0 Å². The van der Waals surface area contributed by atoms with Gasteiger partial charge in [-0.2, -0.15) is 0 Å². The van der Waals surface area contributed by atoms with Crippen molar-refractivity contribution in [2.75, 3.05) is 0 Å². The van der Waals surface area contributed by atoms with Crippen LogP contribution in [0.3, 0.4) is 0 Å². The average molecular weight is 449 g/mol. The SMILES string of the molecule is CC(CCCC1CCCCC1=O)(S(=O)(=O)c1ccccc1)S(=O)(=O)c1ccccc1. The first-order valence-electron chi connectivity index (χ1n) is 10.3. The number of hydrogen-bond donors (Lipinski definition) is 0. The number of benzene rings is 2. The summed E-state index contributed by atoms with van der Waals surface area (Å²) < 4.78 is 52.3. The van der Waals surface area contributed by atoms with Gasteiger partial charge in [-0.15, -0.1) is 0 Å². The Morgan fingerprint density at radius 1 is 0.833 bits per heavy atom. The lowest BCUT2D eigenvalue weighted by Crippen LogP contribution is -2.43. The highest BCUT2D eigenvalue weighted by Gasteiger charge is 2.51. The molecule has 0 aromatic heterocycles. The lowest BCUT2D eigenvalue weighted by atomic mass is 9.84. The van der Waals surface area contributed by atoms with Crippen molar-refractivity contribution in [2.45, 2.75) is 65.7 Å². The molecule has 1 aliphatic rings. The van der Waals surface area contributed by atoms with Gasteiger partial charge >= 0.3 is 0 Å². The second-order valence-electron chi connectivity index (χ2n) is 8.07. The second-order valence-corrected chi connectivity index (χ2v) is 13.1. The van der Waals surface area contributed by atoms with Gasteiger partial charge in [-0.1, -0.05) is 49.2 Å². The highest BCUT2D eigenvalue weighted by Crippen LogP contribution is 2.40. The van der Waals surface area contributed by atoms with Gasteiger partial charge in [0.1, 0.15) is 5.78 Å².